The molecule has 6 aliphatic carbocycles. The smallest absolute Gasteiger partial charge is 0.316 e. The Bertz CT molecular complexity index is 1800. The van der Waals surface area contributed by atoms with Crippen LogP contribution in [0.1, 0.15) is 123 Å². The molecule has 2 N–H and O–H groups in total. The fourth-order valence-corrected chi connectivity index (χ4v) is 15.8. The number of ether oxygens (including phenoxy) is 1. The molecule has 0 radical (unpaired) electrons. The Morgan fingerprint density at radius 3 is 2.49 bits per heavy atom. The summed E-state index contributed by atoms with van der Waals surface area (Å²) in [6.45, 7) is 16.1. The molecule has 4 saturated carbocycles. The van der Waals surface area contributed by atoms with Crippen LogP contribution in [0.2, 0.25) is 0 Å². The van der Waals surface area contributed by atoms with E-state index in [1.54, 1.807) is 6.20 Å². The number of nitrogens with one attached hydrogen (secondary N) is 1. The lowest BCUT2D eigenvalue weighted by Gasteiger charge is -2.71. The molecule has 1 saturated heterocycles. The topological polar surface area (TPSA) is 122 Å². The third kappa shape index (κ3) is 6.73. The van der Waals surface area contributed by atoms with E-state index in [1.165, 1.54) is 68.9 Å². The lowest BCUT2D eigenvalue weighted by molar-refractivity contribution is -0.212. The molecule has 5 fully saturated rings. The number of hydrogen-bond acceptors (Lipinski definition) is 8. The molecular weight excluding hydrogens is 709 g/mol. The molecule has 9 nitrogen and oxygen atoms in total. The zero-order valence-electron chi connectivity index (χ0n) is 34.4. The van der Waals surface area contributed by atoms with Gasteiger partial charge in [-0.1, -0.05) is 46.3 Å². The summed E-state index contributed by atoms with van der Waals surface area (Å²) < 4.78 is 29.8. The minimum Gasteiger partial charge on any atom is -0.481 e. The van der Waals surface area contributed by atoms with Gasteiger partial charge in [0.2, 0.25) is 0 Å². The van der Waals surface area contributed by atoms with Gasteiger partial charge in [-0.2, -0.15) is 0 Å². The third-order valence-corrected chi connectivity index (χ3v) is 19.5. The van der Waals surface area contributed by atoms with E-state index in [1.807, 2.05) is 13.0 Å². The maximum Gasteiger partial charge on any atom is 0.316 e. The van der Waals surface area contributed by atoms with Crippen LogP contribution in [0, 0.1) is 58.2 Å². The standard InChI is InChI=1S/C45H68N4O5S/c1-31-14-23-46-40(48-31)54-28-22-44(39(50)51)18-10-33(11-19-44)34-12-16-41(3)35(32(34)2)13-17-43(5)38(41)9-8-36-37-7-6-15-45(37,21-20-42(36,43)4)47-24-25-49-26-29-55(52,53)30-27-49/h10,12,14,23,32,35-38,47H,6-9,11,13,15-22,24-30H2,1-5H3,(H,50,51)/t32?,35?,36?,37-,38?,41?,42-,43?,44?,45?/m1/s1. The Hall–Kier alpha value is -2.30. The summed E-state index contributed by atoms with van der Waals surface area (Å²) in [5.41, 5.74) is 4.12. The molecule has 1 aromatic heterocycles. The van der Waals surface area contributed by atoms with Gasteiger partial charge in [-0.25, -0.2) is 18.4 Å². The highest BCUT2D eigenvalue weighted by molar-refractivity contribution is 7.91. The Labute approximate surface area is 330 Å². The van der Waals surface area contributed by atoms with Gasteiger partial charge in [-0.05, 0) is 153 Å². The number of carboxylic acids is 1. The molecule has 7 aliphatic rings. The normalized spacial score (nSPS) is 42.5. The first-order chi connectivity index (χ1) is 26.1. The number of carboxylic acid groups (broad SMARTS) is 1. The van der Waals surface area contributed by atoms with Gasteiger partial charge in [0.05, 0.1) is 23.5 Å². The first kappa shape index (κ1) is 39.5. The SMILES string of the molecule is Cc1ccnc(OCCC2(C(=O)O)CC=C(C3=CCC4(C)C(CCC5(C)C4CCC4[C@H]6CCCC6(NCCN6CCS(=O)(=O)CC6)CC[C@]45C)C3C)CC2)n1. The zero-order chi connectivity index (χ0) is 38.9. The maximum atomic E-state index is 12.7. The zero-order valence-corrected chi connectivity index (χ0v) is 35.2. The van der Waals surface area contributed by atoms with Crippen LogP contribution >= 0.6 is 0 Å². The van der Waals surface area contributed by atoms with Crippen molar-refractivity contribution in [1.29, 1.82) is 0 Å². The van der Waals surface area contributed by atoms with Crippen LogP contribution in [-0.2, 0) is 14.6 Å². The summed E-state index contributed by atoms with van der Waals surface area (Å²) in [6.07, 6.45) is 22.0. The highest BCUT2D eigenvalue weighted by Crippen LogP contribution is 2.75. The lowest BCUT2D eigenvalue weighted by Crippen LogP contribution is -2.67. The minimum atomic E-state index is -2.84. The van der Waals surface area contributed by atoms with Gasteiger partial charge in [0, 0.05) is 43.6 Å². The summed E-state index contributed by atoms with van der Waals surface area (Å²) in [5.74, 6) is 3.26. The summed E-state index contributed by atoms with van der Waals surface area (Å²) in [7, 11) is -2.84. The van der Waals surface area contributed by atoms with E-state index >= 15 is 0 Å². The lowest BCUT2D eigenvalue weighted by atomic mass is 9.34. The number of aryl methyl sites for hydroxylation is 1. The van der Waals surface area contributed by atoms with Crippen LogP contribution < -0.4 is 10.1 Å². The van der Waals surface area contributed by atoms with E-state index in [-0.39, 0.29) is 11.0 Å². The Morgan fingerprint density at radius 2 is 1.76 bits per heavy atom. The second-order valence-corrected chi connectivity index (χ2v) is 22.4. The van der Waals surface area contributed by atoms with Crippen molar-refractivity contribution >= 4 is 15.8 Å². The number of carbonyl (C=O) groups is 1. The summed E-state index contributed by atoms with van der Waals surface area (Å²) in [4.78, 5) is 23.6. The van der Waals surface area contributed by atoms with Crippen LogP contribution in [-0.4, -0.2) is 84.2 Å². The van der Waals surface area contributed by atoms with Crippen molar-refractivity contribution in [3.05, 3.63) is 41.3 Å². The van der Waals surface area contributed by atoms with E-state index in [2.05, 4.69) is 60.0 Å². The van der Waals surface area contributed by atoms with Gasteiger partial charge >= 0.3 is 12.0 Å². The van der Waals surface area contributed by atoms with E-state index in [4.69, 9.17) is 4.74 Å². The van der Waals surface area contributed by atoms with Crippen LogP contribution in [0.25, 0.3) is 0 Å². The predicted molar refractivity (Wildman–Crippen MR) is 216 cm³/mol. The summed E-state index contributed by atoms with van der Waals surface area (Å²) >= 11 is 0. The van der Waals surface area contributed by atoms with Crippen molar-refractivity contribution < 1.29 is 23.1 Å². The van der Waals surface area contributed by atoms with Gasteiger partial charge in [0.1, 0.15) is 0 Å². The number of hydrogen-bond donors (Lipinski definition) is 2. The van der Waals surface area contributed by atoms with Crippen molar-refractivity contribution in [2.45, 2.75) is 130 Å². The maximum absolute atomic E-state index is 12.7. The van der Waals surface area contributed by atoms with Gasteiger partial charge in [-0.3, -0.25) is 4.79 Å². The van der Waals surface area contributed by atoms with Gasteiger partial charge in [0.25, 0.3) is 0 Å². The molecule has 10 heteroatoms. The largest absolute Gasteiger partial charge is 0.481 e. The minimum absolute atomic E-state index is 0.252. The molecule has 2 heterocycles. The molecule has 0 amide bonds. The second kappa shape index (κ2) is 14.5. The number of fused-ring (bicyclic) bond motifs is 7. The van der Waals surface area contributed by atoms with E-state index in [9.17, 15) is 18.3 Å². The Balaban J connectivity index is 0.939. The van der Waals surface area contributed by atoms with Crippen molar-refractivity contribution in [2.24, 2.45) is 51.2 Å². The average molecular weight is 777 g/mol. The number of rotatable bonds is 10. The fourth-order valence-electron chi connectivity index (χ4n) is 14.5. The molecule has 8 rings (SSSR count). The fraction of sp³-hybridized carbons (Fsp3) is 0.800. The molecule has 0 bridgehead atoms. The van der Waals surface area contributed by atoms with Crippen LogP contribution in [0.4, 0.5) is 0 Å². The molecule has 8 unspecified atom stereocenters. The Kier molecular flexibility index (Phi) is 10.4. The molecule has 55 heavy (non-hydrogen) atoms. The van der Waals surface area contributed by atoms with Crippen LogP contribution in [0.3, 0.4) is 0 Å². The summed E-state index contributed by atoms with van der Waals surface area (Å²) in [6, 6.07) is 2.14. The number of sulfone groups is 1. The number of aromatic nitrogens is 2. The van der Waals surface area contributed by atoms with E-state index in [0.717, 1.165) is 49.4 Å². The third-order valence-electron chi connectivity index (χ3n) is 17.9. The van der Waals surface area contributed by atoms with Gasteiger partial charge < -0.3 is 20.1 Å². The molecular formula is C45H68N4O5S. The highest BCUT2D eigenvalue weighted by Gasteiger charge is 2.68. The first-order valence-electron chi connectivity index (χ1n) is 21.9. The molecule has 0 aromatic carbocycles. The van der Waals surface area contributed by atoms with E-state index < -0.39 is 21.2 Å². The van der Waals surface area contributed by atoms with Crippen molar-refractivity contribution in [1.82, 2.24) is 20.2 Å². The number of allylic oxidation sites excluding steroid dienone is 4. The second-order valence-electron chi connectivity index (χ2n) is 20.0. The highest BCUT2D eigenvalue weighted by atomic mass is 32.2. The number of nitrogens with zero attached hydrogens (tertiary/aromatic N) is 3. The Morgan fingerprint density at radius 1 is 0.964 bits per heavy atom. The van der Waals surface area contributed by atoms with Gasteiger partial charge in [0.15, 0.2) is 9.84 Å². The van der Waals surface area contributed by atoms with Crippen LogP contribution in [0.15, 0.2) is 35.6 Å². The first-order valence-corrected chi connectivity index (χ1v) is 23.7. The predicted octanol–water partition coefficient (Wildman–Crippen LogP) is 7.81. The van der Waals surface area contributed by atoms with Crippen molar-refractivity contribution in [2.75, 3.05) is 44.3 Å². The van der Waals surface area contributed by atoms with Gasteiger partial charge in [-0.15, -0.1) is 0 Å². The molecule has 304 valence electrons. The van der Waals surface area contributed by atoms with Crippen molar-refractivity contribution in [3.8, 4) is 6.01 Å². The monoisotopic (exact) mass is 776 g/mol. The number of aliphatic carboxylic acids is 1. The quantitative estimate of drug-likeness (QED) is 0.245. The average Bonchev–Trinajstić information content (AvgIpc) is 3.57. The van der Waals surface area contributed by atoms with E-state index in [0.29, 0.717) is 79.1 Å². The van der Waals surface area contributed by atoms with Crippen LogP contribution in [0.5, 0.6) is 6.01 Å². The molecule has 1 aromatic rings. The summed E-state index contributed by atoms with van der Waals surface area (Å²) in [5, 5.41) is 14.6. The molecule has 1 aliphatic heterocycles. The molecule has 0 spiro atoms. The molecule has 10 atom stereocenters. The van der Waals surface area contributed by atoms with Crippen molar-refractivity contribution in [3.63, 3.8) is 0 Å².